The quantitative estimate of drug-likeness (QED) is 0.434. The van der Waals surface area contributed by atoms with Gasteiger partial charge in [-0.2, -0.15) is 0 Å². The number of nitrogens with one attached hydrogen (secondary N) is 3. The van der Waals surface area contributed by atoms with E-state index in [1.165, 1.54) is 0 Å². The fourth-order valence-corrected chi connectivity index (χ4v) is 3.00. The van der Waals surface area contributed by atoms with Gasteiger partial charge in [0.25, 0.3) is 0 Å². The fraction of sp³-hybridized carbons (Fsp3) is 0.444. The van der Waals surface area contributed by atoms with Crippen molar-refractivity contribution in [1.29, 1.82) is 0 Å². The number of hydrogen-bond donors (Lipinski definition) is 4. The van der Waals surface area contributed by atoms with Crippen molar-refractivity contribution in [3.05, 3.63) is 29.5 Å². The Bertz CT molecular complexity index is 754. The van der Waals surface area contributed by atoms with E-state index in [1.54, 1.807) is 12.6 Å². The van der Waals surface area contributed by atoms with E-state index in [4.69, 9.17) is 9.94 Å². The summed E-state index contributed by atoms with van der Waals surface area (Å²) in [6.45, 7) is 3.91. The average molecular weight is 347 g/mol. The number of benzene rings is 1. The Morgan fingerprint density at radius 1 is 1.32 bits per heavy atom. The van der Waals surface area contributed by atoms with Crippen LogP contribution < -0.4 is 15.5 Å². The molecule has 7 nitrogen and oxygen atoms in total. The molecule has 1 heterocycles. The Balaban J connectivity index is 2.14. The number of carbonyl (C=O) groups excluding carboxylic acids is 2. The maximum atomic E-state index is 12.5. The highest BCUT2D eigenvalue weighted by Crippen LogP contribution is 2.26. The van der Waals surface area contributed by atoms with Crippen LogP contribution in [-0.2, 0) is 16.0 Å². The number of aromatic amines is 1. The van der Waals surface area contributed by atoms with Gasteiger partial charge in [0, 0.05) is 29.1 Å². The number of carbonyl (C=O) groups is 2. The summed E-state index contributed by atoms with van der Waals surface area (Å²) in [5.74, 6) is 0.0689. The van der Waals surface area contributed by atoms with Gasteiger partial charge in [0.05, 0.1) is 13.5 Å². The zero-order chi connectivity index (χ0) is 18.4. The lowest BCUT2D eigenvalue weighted by atomic mass is 10.0. The molecule has 1 aromatic heterocycles. The molecular formula is C18H25N3O4. The summed E-state index contributed by atoms with van der Waals surface area (Å²) in [5, 5.41) is 12.5. The second-order valence-corrected chi connectivity index (χ2v) is 6.11. The number of aryl methyl sites for hydroxylation is 1. The lowest BCUT2D eigenvalue weighted by Crippen LogP contribution is -2.39. The molecule has 0 radical (unpaired) electrons. The number of fused-ring (bicyclic) bond motifs is 1. The molecule has 0 saturated heterocycles. The van der Waals surface area contributed by atoms with Gasteiger partial charge in [-0.05, 0) is 37.1 Å². The molecule has 1 atom stereocenters. The van der Waals surface area contributed by atoms with Crippen molar-refractivity contribution < 1.29 is 19.5 Å². The van der Waals surface area contributed by atoms with Gasteiger partial charge in [-0.25, -0.2) is 5.48 Å². The SMILES string of the molecule is CCCC(CC(=O)NO)NC(=O)Cc1c(C)[nH]c2ccc(OC)cc12. The highest BCUT2D eigenvalue weighted by atomic mass is 16.5. The molecule has 0 aliphatic heterocycles. The van der Waals surface area contributed by atoms with E-state index in [0.29, 0.717) is 6.42 Å². The predicted octanol–water partition coefficient (Wildman–Crippen LogP) is 2.21. The minimum atomic E-state index is -0.508. The summed E-state index contributed by atoms with van der Waals surface area (Å²) in [7, 11) is 1.61. The van der Waals surface area contributed by atoms with Crippen molar-refractivity contribution in [2.75, 3.05) is 7.11 Å². The third-order valence-electron chi connectivity index (χ3n) is 4.22. The predicted molar refractivity (Wildman–Crippen MR) is 94.7 cm³/mol. The summed E-state index contributed by atoms with van der Waals surface area (Å²) in [6.07, 6.45) is 1.75. The lowest BCUT2D eigenvalue weighted by Gasteiger charge is -2.17. The maximum Gasteiger partial charge on any atom is 0.245 e. The Labute approximate surface area is 146 Å². The van der Waals surface area contributed by atoms with Crippen LogP contribution in [-0.4, -0.2) is 35.2 Å². The fourth-order valence-electron chi connectivity index (χ4n) is 3.00. The van der Waals surface area contributed by atoms with E-state index in [0.717, 1.165) is 34.3 Å². The van der Waals surface area contributed by atoms with Gasteiger partial charge in [-0.1, -0.05) is 13.3 Å². The molecule has 1 unspecified atom stereocenters. The third-order valence-corrected chi connectivity index (χ3v) is 4.22. The molecule has 2 amide bonds. The summed E-state index contributed by atoms with van der Waals surface area (Å²) in [4.78, 5) is 27.1. The van der Waals surface area contributed by atoms with Gasteiger partial charge < -0.3 is 15.0 Å². The summed E-state index contributed by atoms with van der Waals surface area (Å²) >= 11 is 0. The molecule has 0 saturated carbocycles. The number of ether oxygens (including phenoxy) is 1. The van der Waals surface area contributed by atoms with Gasteiger partial charge in [0.2, 0.25) is 11.8 Å². The Morgan fingerprint density at radius 2 is 2.08 bits per heavy atom. The van der Waals surface area contributed by atoms with Gasteiger partial charge in [0.1, 0.15) is 5.75 Å². The molecule has 136 valence electrons. The molecule has 0 bridgehead atoms. The van der Waals surface area contributed by atoms with Crippen LogP contribution in [0.5, 0.6) is 5.75 Å². The van der Waals surface area contributed by atoms with E-state index in [1.807, 2.05) is 32.0 Å². The number of rotatable bonds is 8. The topological polar surface area (TPSA) is 103 Å². The first-order valence-corrected chi connectivity index (χ1v) is 8.36. The number of methoxy groups -OCH3 is 1. The highest BCUT2D eigenvalue weighted by molar-refractivity contribution is 5.91. The van der Waals surface area contributed by atoms with Crippen molar-refractivity contribution in [3.8, 4) is 5.75 Å². The largest absolute Gasteiger partial charge is 0.497 e. The molecule has 0 aliphatic carbocycles. The molecular weight excluding hydrogens is 322 g/mol. The smallest absolute Gasteiger partial charge is 0.245 e. The van der Waals surface area contributed by atoms with E-state index >= 15 is 0 Å². The number of H-pyrrole nitrogens is 1. The normalized spacial score (nSPS) is 12.0. The van der Waals surface area contributed by atoms with Crippen molar-refractivity contribution in [3.63, 3.8) is 0 Å². The molecule has 7 heteroatoms. The first kappa shape index (κ1) is 18.8. The van der Waals surface area contributed by atoms with Crippen molar-refractivity contribution >= 4 is 22.7 Å². The van der Waals surface area contributed by atoms with Crippen LogP contribution in [0, 0.1) is 6.92 Å². The highest BCUT2D eigenvalue weighted by Gasteiger charge is 2.18. The number of amides is 2. The van der Waals surface area contributed by atoms with Crippen LogP contribution in [0.15, 0.2) is 18.2 Å². The second kappa shape index (κ2) is 8.53. The standard InChI is InChI=1S/C18H25N3O4/c1-4-5-12(8-18(23)21-24)20-17(22)10-14-11(2)19-16-7-6-13(25-3)9-15(14)16/h6-7,9,12,19,24H,4-5,8,10H2,1-3H3,(H,20,22)(H,21,23). The van der Waals surface area contributed by atoms with E-state index in [9.17, 15) is 9.59 Å². The van der Waals surface area contributed by atoms with Gasteiger partial charge >= 0.3 is 0 Å². The maximum absolute atomic E-state index is 12.5. The second-order valence-electron chi connectivity index (χ2n) is 6.11. The average Bonchev–Trinajstić information content (AvgIpc) is 2.89. The Kier molecular flexibility index (Phi) is 6.41. The van der Waals surface area contributed by atoms with Crippen LogP contribution >= 0.6 is 0 Å². The van der Waals surface area contributed by atoms with Crippen molar-refractivity contribution in [1.82, 2.24) is 15.8 Å². The van der Waals surface area contributed by atoms with E-state index < -0.39 is 5.91 Å². The molecule has 0 fully saturated rings. The first-order valence-electron chi connectivity index (χ1n) is 8.36. The summed E-state index contributed by atoms with van der Waals surface area (Å²) in [5.41, 5.74) is 4.40. The molecule has 2 rings (SSSR count). The van der Waals surface area contributed by atoms with Crippen LogP contribution in [0.25, 0.3) is 10.9 Å². The van der Waals surface area contributed by atoms with Crippen molar-refractivity contribution in [2.24, 2.45) is 0 Å². The van der Waals surface area contributed by atoms with Crippen LogP contribution in [0.3, 0.4) is 0 Å². The number of aromatic nitrogens is 1. The zero-order valence-corrected chi connectivity index (χ0v) is 14.8. The molecule has 4 N–H and O–H groups in total. The Hall–Kier alpha value is -2.54. The molecule has 0 spiro atoms. The molecule has 0 aliphatic rings. The minimum Gasteiger partial charge on any atom is -0.497 e. The summed E-state index contributed by atoms with van der Waals surface area (Å²) in [6, 6.07) is 5.40. The van der Waals surface area contributed by atoms with Gasteiger partial charge in [-0.15, -0.1) is 0 Å². The van der Waals surface area contributed by atoms with Gasteiger partial charge in [0.15, 0.2) is 0 Å². The molecule has 1 aromatic carbocycles. The zero-order valence-electron chi connectivity index (χ0n) is 14.8. The number of hydroxylamine groups is 1. The summed E-state index contributed by atoms with van der Waals surface area (Å²) < 4.78 is 5.26. The van der Waals surface area contributed by atoms with Crippen LogP contribution in [0.1, 0.15) is 37.4 Å². The lowest BCUT2D eigenvalue weighted by molar-refractivity contribution is -0.130. The molecule has 25 heavy (non-hydrogen) atoms. The van der Waals surface area contributed by atoms with Crippen LogP contribution in [0.2, 0.25) is 0 Å². The Morgan fingerprint density at radius 3 is 2.72 bits per heavy atom. The monoisotopic (exact) mass is 347 g/mol. The third kappa shape index (κ3) is 4.73. The first-order chi connectivity index (χ1) is 12.0. The van der Waals surface area contributed by atoms with E-state index in [2.05, 4.69) is 10.3 Å². The van der Waals surface area contributed by atoms with E-state index in [-0.39, 0.29) is 24.8 Å². The minimum absolute atomic E-state index is 0.0524. The van der Waals surface area contributed by atoms with Gasteiger partial charge in [-0.3, -0.25) is 14.8 Å². The van der Waals surface area contributed by atoms with Crippen molar-refractivity contribution in [2.45, 2.75) is 45.6 Å². The number of hydrogen-bond acceptors (Lipinski definition) is 4. The molecule has 2 aromatic rings. The van der Waals surface area contributed by atoms with Crippen LogP contribution in [0.4, 0.5) is 0 Å².